The molecule has 0 bridgehead atoms. The van der Waals surface area contributed by atoms with Gasteiger partial charge in [0.1, 0.15) is 12.1 Å². The molecule has 8 heteroatoms. The summed E-state index contributed by atoms with van der Waals surface area (Å²) in [5.74, 6) is -3.03. The van der Waals surface area contributed by atoms with Gasteiger partial charge in [-0.15, -0.1) is 0 Å². The number of carboxylic acid groups (broad SMARTS) is 2. The molecule has 0 aromatic rings. The van der Waals surface area contributed by atoms with E-state index in [-0.39, 0.29) is 12.8 Å². The molecule has 108 valence electrons. The Bertz CT molecular complexity index is 447. The van der Waals surface area contributed by atoms with E-state index in [0.717, 1.165) is 0 Å². The van der Waals surface area contributed by atoms with Crippen LogP contribution in [0, 0.1) is 22.7 Å². The summed E-state index contributed by atoms with van der Waals surface area (Å²) in [4.78, 5) is 22.3. The molecule has 20 heavy (non-hydrogen) atoms. The van der Waals surface area contributed by atoms with Crippen LogP contribution in [-0.2, 0) is 9.59 Å². The quantitative estimate of drug-likeness (QED) is 0.647. The molecule has 0 amide bonds. The Morgan fingerprint density at radius 2 is 1.25 bits per heavy atom. The van der Waals surface area contributed by atoms with E-state index in [1.807, 2.05) is 0 Å². The minimum atomic E-state index is -2.15. The normalized spacial score (nSPS) is 16.6. The van der Waals surface area contributed by atoms with Crippen molar-refractivity contribution in [1.82, 2.24) is 0 Å². The summed E-state index contributed by atoms with van der Waals surface area (Å²) in [6, 6.07) is 3.06. The van der Waals surface area contributed by atoms with E-state index in [1.54, 1.807) is 13.8 Å². The van der Waals surface area contributed by atoms with Crippen LogP contribution in [0.25, 0.3) is 0 Å². The Labute approximate surface area is 116 Å². The third-order valence-corrected chi connectivity index (χ3v) is 2.69. The lowest BCUT2D eigenvalue weighted by molar-refractivity contribution is -0.143. The number of azo groups is 1. The molecule has 0 saturated carbocycles. The molecule has 8 nitrogen and oxygen atoms in total. The van der Waals surface area contributed by atoms with E-state index in [0.29, 0.717) is 12.8 Å². The van der Waals surface area contributed by atoms with E-state index in [4.69, 9.17) is 20.7 Å². The van der Waals surface area contributed by atoms with Crippen molar-refractivity contribution in [2.24, 2.45) is 10.2 Å². The summed E-state index contributed by atoms with van der Waals surface area (Å²) in [6.45, 7) is 3.32. The summed E-state index contributed by atoms with van der Waals surface area (Å²) < 4.78 is 0. The zero-order chi connectivity index (χ0) is 15.8. The maximum absolute atomic E-state index is 11.2. The maximum atomic E-state index is 11.2. The summed E-state index contributed by atoms with van der Waals surface area (Å²) >= 11 is 0. The van der Waals surface area contributed by atoms with Crippen molar-refractivity contribution in [2.75, 3.05) is 0 Å². The number of nitrogens with zero attached hydrogens (tertiary/aromatic N) is 4. The second-order valence-electron chi connectivity index (χ2n) is 4.25. The lowest BCUT2D eigenvalue weighted by atomic mass is 9.95. The average Bonchev–Trinajstić information content (AvgIpc) is 2.41. The largest absolute Gasteiger partial charge is 0.479 e. The lowest BCUT2D eigenvalue weighted by Gasteiger charge is -2.19. The fourth-order valence-corrected chi connectivity index (χ4v) is 1.55. The first-order chi connectivity index (χ1) is 9.34. The standard InChI is InChI=1S/C12H16N4O4/c1-3-5-11(7-13,9(17)18)15-16-12(8-14,6-4-2)10(19)20/h3-6H2,1-2H3,(H,17,18)(H,19,20). The van der Waals surface area contributed by atoms with E-state index >= 15 is 0 Å². The topological polar surface area (TPSA) is 147 Å². The number of carboxylic acids is 2. The van der Waals surface area contributed by atoms with E-state index in [1.165, 1.54) is 12.1 Å². The Hall–Kier alpha value is -2.48. The van der Waals surface area contributed by atoms with Crippen molar-refractivity contribution in [3.8, 4) is 12.1 Å². The van der Waals surface area contributed by atoms with Crippen LogP contribution in [0.15, 0.2) is 10.2 Å². The molecule has 0 aliphatic rings. The summed E-state index contributed by atoms with van der Waals surface area (Å²) in [5, 5.41) is 43.0. The number of aliphatic carboxylic acids is 2. The van der Waals surface area contributed by atoms with Gasteiger partial charge in [-0.25, -0.2) is 9.59 Å². The van der Waals surface area contributed by atoms with Crippen LogP contribution in [0.4, 0.5) is 0 Å². The minimum Gasteiger partial charge on any atom is -0.479 e. The first kappa shape index (κ1) is 17.5. The molecule has 0 fully saturated rings. The third kappa shape index (κ3) is 3.51. The highest BCUT2D eigenvalue weighted by atomic mass is 16.4. The van der Waals surface area contributed by atoms with Crippen molar-refractivity contribution < 1.29 is 19.8 Å². The molecular weight excluding hydrogens is 264 g/mol. The molecule has 0 heterocycles. The number of rotatable bonds is 8. The van der Waals surface area contributed by atoms with Crippen LogP contribution in [0.2, 0.25) is 0 Å². The molecule has 0 spiro atoms. The predicted octanol–water partition coefficient (Wildman–Crippen LogP) is 1.73. The molecule has 0 aromatic heterocycles. The zero-order valence-corrected chi connectivity index (χ0v) is 11.3. The molecule has 0 rings (SSSR count). The van der Waals surface area contributed by atoms with E-state index in [9.17, 15) is 9.59 Å². The van der Waals surface area contributed by atoms with E-state index in [2.05, 4.69) is 10.2 Å². The van der Waals surface area contributed by atoms with Crippen LogP contribution in [0.3, 0.4) is 0 Å². The summed E-state index contributed by atoms with van der Waals surface area (Å²) in [6.07, 6.45) is 0.462. The van der Waals surface area contributed by atoms with Crippen molar-refractivity contribution in [3.63, 3.8) is 0 Å². The summed E-state index contributed by atoms with van der Waals surface area (Å²) in [5.41, 5.74) is -4.31. The van der Waals surface area contributed by atoms with Gasteiger partial charge in [0.05, 0.1) is 0 Å². The number of hydrogen-bond acceptors (Lipinski definition) is 6. The number of carbonyl (C=O) groups is 2. The van der Waals surface area contributed by atoms with Crippen LogP contribution >= 0.6 is 0 Å². The number of hydrogen-bond donors (Lipinski definition) is 2. The van der Waals surface area contributed by atoms with Gasteiger partial charge in [-0.2, -0.15) is 20.8 Å². The zero-order valence-electron chi connectivity index (χ0n) is 11.3. The van der Waals surface area contributed by atoms with E-state index < -0.39 is 23.0 Å². The highest BCUT2D eigenvalue weighted by Gasteiger charge is 2.43. The lowest BCUT2D eigenvalue weighted by Crippen LogP contribution is -2.38. The van der Waals surface area contributed by atoms with Gasteiger partial charge in [0.2, 0.25) is 0 Å². The van der Waals surface area contributed by atoms with Crippen LogP contribution in [-0.4, -0.2) is 33.2 Å². The average molecular weight is 280 g/mol. The molecule has 2 N–H and O–H groups in total. The first-order valence-corrected chi connectivity index (χ1v) is 6.07. The van der Waals surface area contributed by atoms with Gasteiger partial charge in [-0.05, 0) is 12.8 Å². The highest BCUT2D eigenvalue weighted by Crippen LogP contribution is 2.24. The van der Waals surface area contributed by atoms with Gasteiger partial charge in [0, 0.05) is 0 Å². The number of nitriles is 2. The molecule has 2 unspecified atom stereocenters. The monoisotopic (exact) mass is 280 g/mol. The molecule has 2 atom stereocenters. The van der Waals surface area contributed by atoms with Crippen LogP contribution < -0.4 is 0 Å². The van der Waals surface area contributed by atoms with Crippen molar-refractivity contribution in [3.05, 3.63) is 0 Å². The van der Waals surface area contributed by atoms with Gasteiger partial charge < -0.3 is 10.2 Å². The summed E-state index contributed by atoms with van der Waals surface area (Å²) in [7, 11) is 0. The van der Waals surface area contributed by atoms with Gasteiger partial charge in [0.15, 0.2) is 0 Å². The molecule has 0 radical (unpaired) electrons. The van der Waals surface area contributed by atoms with Crippen molar-refractivity contribution in [1.29, 1.82) is 10.5 Å². The fraction of sp³-hybridized carbons (Fsp3) is 0.667. The van der Waals surface area contributed by atoms with Gasteiger partial charge in [-0.3, -0.25) is 0 Å². The van der Waals surface area contributed by atoms with Gasteiger partial charge in [-0.1, -0.05) is 26.7 Å². The Balaban J connectivity index is 5.71. The molecule has 0 aliphatic heterocycles. The second kappa shape index (κ2) is 7.19. The van der Waals surface area contributed by atoms with Crippen molar-refractivity contribution in [2.45, 2.75) is 50.6 Å². The molecule has 0 saturated heterocycles. The first-order valence-electron chi connectivity index (χ1n) is 6.07. The van der Waals surface area contributed by atoms with Crippen molar-refractivity contribution >= 4 is 11.9 Å². The maximum Gasteiger partial charge on any atom is 0.348 e. The third-order valence-electron chi connectivity index (χ3n) is 2.69. The second-order valence-corrected chi connectivity index (χ2v) is 4.25. The molecule has 0 aromatic carbocycles. The molecule has 0 aliphatic carbocycles. The SMILES string of the molecule is CCCC(C#N)(N=NC(C#N)(CCC)C(=O)O)C(=O)O. The predicted molar refractivity (Wildman–Crippen MR) is 66.6 cm³/mol. The van der Waals surface area contributed by atoms with Crippen LogP contribution in [0.5, 0.6) is 0 Å². The smallest absolute Gasteiger partial charge is 0.348 e. The minimum absolute atomic E-state index is 0.115. The Morgan fingerprint density at radius 1 is 0.950 bits per heavy atom. The van der Waals surface area contributed by atoms with Gasteiger partial charge >= 0.3 is 11.9 Å². The Morgan fingerprint density at radius 3 is 1.40 bits per heavy atom. The highest BCUT2D eigenvalue weighted by molar-refractivity contribution is 5.84. The van der Waals surface area contributed by atoms with Gasteiger partial charge in [0.25, 0.3) is 11.1 Å². The fourth-order valence-electron chi connectivity index (χ4n) is 1.55. The Kier molecular flexibility index (Phi) is 6.30. The molecular formula is C12H16N4O4. The van der Waals surface area contributed by atoms with Crippen LogP contribution in [0.1, 0.15) is 39.5 Å².